The Hall–Kier alpha value is -3.26. The lowest BCUT2D eigenvalue weighted by molar-refractivity contribution is -0.117. The average molecular weight is 419 g/mol. The molecule has 8 heteroatoms. The van der Waals surface area contributed by atoms with E-state index in [1.807, 2.05) is 62.6 Å². The van der Waals surface area contributed by atoms with Gasteiger partial charge < -0.3 is 10.2 Å². The molecule has 30 heavy (non-hydrogen) atoms. The van der Waals surface area contributed by atoms with Crippen LogP contribution in [-0.2, 0) is 11.8 Å². The number of nitrogens with zero attached hydrogens (tertiary/aromatic N) is 5. The van der Waals surface area contributed by atoms with Crippen molar-refractivity contribution in [1.29, 1.82) is 0 Å². The zero-order valence-electron chi connectivity index (χ0n) is 17.1. The summed E-state index contributed by atoms with van der Waals surface area (Å²) in [6.45, 7) is 0. The summed E-state index contributed by atoms with van der Waals surface area (Å²) in [5, 5.41) is 9.35. The summed E-state index contributed by atoms with van der Waals surface area (Å²) < 4.78 is 6.54. The molecule has 0 spiro atoms. The number of rotatable bonds is 5. The third-order valence-corrected chi connectivity index (χ3v) is 5.98. The van der Waals surface area contributed by atoms with Crippen molar-refractivity contribution in [2.24, 2.45) is 13.0 Å². The van der Waals surface area contributed by atoms with Crippen LogP contribution in [0.5, 0.6) is 0 Å². The minimum atomic E-state index is 0.0675. The van der Waals surface area contributed by atoms with Crippen molar-refractivity contribution in [2.75, 3.05) is 24.3 Å². The number of nitrogens with one attached hydrogen (secondary N) is 1. The Morgan fingerprint density at radius 1 is 1.23 bits per heavy atom. The van der Waals surface area contributed by atoms with E-state index in [-0.39, 0.29) is 11.8 Å². The van der Waals surface area contributed by atoms with Crippen molar-refractivity contribution < 1.29 is 4.79 Å². The first-order chi connectivity index (χ1) is 14.5. The fourth-order valence-corrected chi connectivity index (χ4v) is 4.30. The van der Waals surface area contributed by atoms with E-state index >= 15 is 0 Å². The van der Waals surface area contributed by atoms with Gasteiger partial charge in [-0.25, -0.2) is 4.98 Å². The molecule has 0 bridgehead atoms. The second-order valence-corrected chi connectivity index (χ2v) is 8.62. The van der Waals surface area contributed by atoms with Crippen LogP contribution in [0.1, 0.15) is 12.8 Å². The van der Waals surface area contributed by atoms with Crippen LogP contribution in [-0.4, -0.2) is 39.1 Å². The second-order valence-electron chi connectivity index (χ2n) is 7.85. The number of benzene rings is 1. The molecule has 1 saturated carbocycles. The molecular formula is C22H22N6OS. The van der Waals surface area contributed by atoms with Gasteiger partial charge in [-0.1, -0.05) is 12.1 Å². The number of hydrogen-bond acceptors (Lipinski definition) is 6. The predicted molar refractivity (Wildman–Crippen MR) is 121 cm³/mol. The summed E-state index contributed by atoms with van der Waals surface area (Å²) in [4.78, 5) is 19.3. The number of aryl methyl sites for hydroxylation is 1. The highest BCUT2D eigenvalue weighted by atomic mass is 32.1. The number of anilines is 2. The topological polar surface area (TPSA) is 75.9 Å². The molecule has 1 amide bonds. The Balaban J connectivity index is 1.65. The van der Waals surface area contributed by atoms with Crippen molar-refractivity contribution in [2.45, 2.75) is 12.8 Å². The van der Waals surface area contributed by atoms with Crippen molar-refractivity contribution in [3.8, 4) is 22.5 Å². The Bertz CT molecular complexity index is 1250. The summed E-state index contributed by atoms with van der Waals surface area (Å²) in [5.41, 5.74) is 4.39. The van der Waals surface area contributed by atoms with E-state index in [0.717, 1.165) is 57.1 Å². The molecule has 1 aromatic carbocycles. The molecule has 1 N–H and O–H groups in total. The van der Waals surface area contributed by atoms with Gasteiger partial charge in [0.1, 0.15) is 10.8 Å². The van der Waals surface area contributed by atoms with E-state index < -0.39 is 0 Å². The molecule has 1 aliphatic rings. The second kappa shape index (κ2) is 7.21. The molecule has 0 saturated heterocycles. The van der Waals surface area contributed by atoms with E-state index in [9.17, 15) is 4.79 Å². The van der Waals surface area contributed by atoms with Gasteiger partial charge in [0.25, 0.3) is 0 Å². The van der Waals surface area contributed by atoms with Gasteiger partial charge in [0, 0.05) is 44.2 Å². The zero-order chi connectivity index (χ0) is 20.8. The number of hydrogen-bond donors (Lipinski definition) is 1. The molecule has 3 aromatic heterocycles. The van der Waals surface area contributed by atoms with E-state index in [4.69, 9.17) is 9.36 Å². The Morgan fingerprint density at radius 3 is 2.83 bits per heavy atom. The largest absolute Gasteiger partial charge is 0.363 e. The molecule has 152 valence electrons. The molecule has 5 rings (SSSR count). The maximum absolute atomic E-state index is 12.5. The number of pyridine rings is 1. The van der Waals surface area contributed by atoms with Gasteiger partial charge in [-0.3, -0.25) is 9.48 Å². The van der Waals surface area contributed by atoms with Crippen LogP contribution in [0.2, 0.25) is 0 Å². The average Bonchev–Trinajstić information content (AvgIpc) is 3.40. The SMILES string of the molecule is CN(C)c1cccc(-c2c(-c3ccc4nn(C)cc4c3)nsc2NC(=O)C2CC2)n1. The molecular weight excluding hydrogens is 396 g/mol. The Labute approximate surface area is 178 Å². The molecule has 7 nitrogen and oxygen atoms in total. The predicted octanol–water partition coefficient (Wildman–Crippen LogP) is 4.17. The summed E-state index contributed by atoms with van der Waals surface area (Å²) in [5.74, 6) is 1.04. The van der Waals surface area contributed by atoms with Gasteiger partial charge >= 0.3 is 0 Å². The number of fused-ring (bicyclic) bond motifs is 1. The third kappa shape index (κ3) is 3.43. The third-order valence-electron chi connectivity index (χ3n) is 5.22. The maximum Gasteiger partial charge on any atom is 0.228 e. The summed E-state index contributed by atoms with van der Waals surface area (Å²) in [6.07, 6.45) is 3.91. The fraction of sp³-hybridized carbons (Fsp3) is 0.273. The normalized spacial score (nSPS) is 13.6. The van der Waals surface area contributed by atoms with Gasteiger partial charge in [0.2, 0.25) is 5.91 Å². The van der Waals surface area contributed by atoms with E-state index in [0.29, 0.717) is 0 Å². The summed E-state index contributed by atoms with van der Waals surface area (Å²) >= 11 is 1.31. The zero-order valence-corrected chi connectivity index (χ0v) is 17.9. The first-order valence-electron chi connectivity index (χ1n) is 9.88. The lowest BCUT2D eigenvalue weighted by Gasteiger charge is -2.13. The Kier molecular flexibility index (Phi) is 4.51. The number of carbonyl (C=O) groups is 1. The highest BCUT2D eigenvalue weighted by Gasteiger charge is 2.31. The lowest BCUT2D eigenvalue weighted by atomic mass is 10.0. The highest BCUT2D eigenvalue weighted by molar-refractivity contribution is 7.11. The smallest absolute Gasteiger partial charge is 0.228 e. The first-order valence-corrected chi connectivity index (χ1v) is 10.7. The van der Waals surface area contributed by atoms with Crippen molar-refractivity contribution >= 4 is 39.2 Å². The molecule has 4 aromatic rings. The molecule has 0 radical (unpaired) electrons. The van der Waals surface area contributed by atoms with Gasteiger partial charge in [-0.05, 0) is 48.6 Å². The van der Waals surface area contributed by atoms with Crippen molar-refractivity contribution in [3.63, 3.8) is 0 Å². The maximum atomic E-state index is 12.5. The van der Waals surface area contributed by atoms with Gasteiger partial charge in [-0.15, -0.1) is 0 Å². The Morgan fingerprint density at radius 2 is 2.07 bits per heavy atom. The van der Waals surface area contributed by atoms with E-state index in [1.54, 1.807) is 4.68 Å². The minimum Gasteiger partial charge on any atom is -0.363 e. The quantitative estimate of drug-likeness (QED) is 0.526. The molecule has 0 aliphatic heterocycles. The van der Waals surface area contributed by atoms with Gasteiger partial charge in [0.05, 0.1) is 22.5 Å². The number of carbonyl (C=O) groups excluding carboxylic acids is 1. The summed E-state index contributed by atoms with van der Waals surface area (Å²) in [6, 6.07) is 12.0. The van der Waals surface area contributed by atoms with Crippen LogP contribution in [0.4, 0.5) is 10.8 Å². The fourth-order valence-electron chi connectivity index (χ4n) is 3.48. The van der Waals surface area contributed by atoms with E-state index in [2.05, 4.69) is 16.5 Å². The number of aromatic nitrogens is 4. The summed E-state index contributed by atoms with van der Waals surface area (Å²) in [7, 11) is 5.84. The highest BCUT2D eigenvalue weighted by Crippen LogP contribution is 2.42. The molecule has 3 heterocycles. The van der Waals surface area contributed by atoms with Crippen LogP contribution >= 0.6 is 11.5 Å². The van der Waals surface area contributed by atoms with Gasteiger partial charge in [0.15, 0.2) is 0 Å². The van der Waals surface area contributed by atoms with Crippen molar-refractivity contribution in [1.82, 2.24) is 19.1 Å². The first kappa shape index (κ1) is 18.7. The van der Waals surface area contributed by atoms with Crippen LogP contribution in [0.3, 0.4) is 0 Å². The standard InChI is InChI=1S/C22H22N6OS/c1-27(2)18-6-4-5-17(23-18)19-20(26-30-22(19)24-21(29)13-7-8-13)14-9-10-16-15(11-14)12-28(3)25-16/h4-6,9-13H,7-8H2,1-3H3,(H,24,29). The van der Waals surface area contributed by atoms with Crippen LogP contribution < -0.4 is 10.2 Å². The minimum absolute atomic E-state index is 0.0675. The van der Waals surface area contributed by atoms with Crippen LogP contribution in [0.15, 0.2) is 42.6 Å². The number of amides is 1. The monoisotopic (exact) mass is 418 g/mol. The molecule has 0 unspecified atom stereocenters. The van der Waals surface area contributed by atoms with Gasteiger partial charge in [-0.2, -0.15) is 9.47 Å². The van der Waals surface area contributed by atoms with Crippen LogP contribution in [0, 0.1) is 5.92 Å². The van der Waals surface area contributed by atoms with Crippen LogP contribution in [0.25, 0.3) is 33.4 Å². The molecule has 1 aliphatic carbocycles. The lowest BCUT2D eigenvalue weighted by Crippen LogP contribution is -2.13. The molecule has 1 fully saturated rings. The van der Waals surface area contributed by atoms with E-state index in [1.165, 1.54) is 11.5 Å². The van der Waals surface area contributed by atoms with Crippen molar-refractivity contribution in [3.05, 3.63) is 42.6 Å². The molecule has 0 atom stereocenters.